The SMILES string of the molecule is O=P(O)(O)Cc1cc[cH-]c1. The van der Waals surface area contributed by atoms with Crippen molar-refractivity contribution in [1.82, 2.24) is 0 Å². The van der Waals surface area contributed by atoms with Crippen molar-refractivity contribution in [2.45, 2.75) is 6.16 Å². The summed E-state index contributed by atoms with van der Waals surface area (Å²) in [5.41, 5.74) is 0.688. The van der Waals surface area contributed by atoms with Crippen LogP contribution in [0.25, 0.3) is 0 Å². The molecule has 0 unspecified atom stereocenters. The Balaban J connectivity index is 2.66. The first-order valence-corrected chi connectivity index (χ1v) is 4.63. The van der Waals surface area contributed by atoms with Crippen molar-refractivity contribution in [3.05, 3.63) is 29.8 Å². The Morgan fingerprint density at radius 3 is 2.70 bits per heavy atom. The molecule has 2 N–H and O–H groups in total. The highest BCUT2D eigenvalue weighted by Crippen LogP contribution is 2.38. The topological polar surface area (TPSA) is 57.5 Å². The van der Waals surface area contributed by atoms with Crippen LogP contribution in [0.5, 0.6) is 0 Å². The van der Waals surface area contributed by atoms with Gasteiger partial charge in [0.25, 0.3) is 0 Å². The molecule has 1 aromatic rings. The zero-order valence-corrected chi connectivity index (χ0v) is 6.16. The summed E-state index contributed by atoms with van der Waals surface area (Å²) < 4.78 is 10.4. The predicted octanol–water partition coefficient (Wildman–Crippen LogP) is 1.08. The minimum absolute atomic E-state index is 0.153. The first-order valence-electron chi connectivity index (χ1n) is 2.83. The minimum atomic E-state index is -3.85. The lowest BCUT2D eigenvalue weighted by Crippen LogP contribution is -1.82. The summed E-state index contributed by atoms with van der Waals surface area (Å²) in [6.07, 6.45) is -0.153. The van der Waals surface area contributed by atoms with Crippen LogP contribution in [-0.4, -0.2) is 9.79 Å². The van der Waals surface area contributed by atoms with Crippen LogP contribution in [0, 0.1) is 0 Å². The minimum Gasteiger partial charge on any atom is -0.325 e. The van der Waals surface area contributed by atoms with Crippen molar-refractivity contribution in [2.75, 3.05) is 0 Å². The summed E-state index contributed by atoms with van der Waals surface area (Å²) in [5.74, 6) is 0. The predicted molar refractivity (Wildman–Crippen MR) is 37.8 cm³/mol. The van der Waals surface area contributed by atoms with Gasteiger partial charge in [-0.05, 0) is 0 Å². The number of rotatable bonds is 2. The Labute approximate surface area is 58.8 Å². The lowest BCUT2D eigenvalue weighted by molar-refractivity contribution is 0.372. The molecule has 0 saturated heterocycles. The molecule has 0 spiro atoms. The summed E-state index contributed by atoms with van der Waals surface area (Å²) in [6.45, 7) is 0. The molecule has 0 amide bonds. The molecule has 0 aliphatic carbocycles. The fraction of sp³-hybridized carbons (Fsp3) is 0.167. The average Bonchev–Trinajstić information content (AvgIpc) is 2.12. The Kier molecular flexibility index (Phi) is 2.00. The molecule has 0 aliphatic heterocycles. The monoisotopic (exact) mass is 159 g/mol. The highest BCUT2D eigenvalue weighted by atomic mass is 31.2. The highest BCUT2D eigenvalue weighted by molar-refractivity contribution is 7.50. The van der Waals surface area contributed by atoms with Crippen molar-refractivity contribution in [2.24, 2.45) is 0 Å². The van der Waals surface area contributed by atoms with Gasteiger partial charge in [-0.25, -0.2) is 6.07 Å². The molecule has 0 aliphatic rings. The molecule has 4 heteroatoms. The van der Waals surface area contributed by atoms with Gasteiger partial charge in [0.15, 0.2) is 0 Å². The van der Waals surface area contributed by atoms with E-state index in [-0.39, 0.29) is 6.16 Å². The van der Waals surface area contributed by atoms with E-state index in [1.54, 1.807) is 24.3 Å². The lowest BCUT2D eigenvalue weighted by Gasteiger charge is -2.04. The van der Waals surface area contributed by atoms with E-state index in [1.807, 2.05) is 0 Å². The molecular formula is C6H8O3P-. The quantitative estimate of drug-likeness (QED) is 0.501. The maximum absolute atomic E-state index is 10.4. The Hall–Kier alpha value is -0.500. The summed E-state index contributed by atoms with van der Waals surface area (Å²) >= 11 is 0. The fourth-order valence-corrected chi connectivity index (χ4v) is 1.44. The van der Waals surface area contributed by atoms with Gasteiger partial charge in [0.2, 0.25) is 0 Å². The second kappa shape index (κ2) is 2.62. The van der Waals surface area contributed by atoms with Crippen LogP contribution >= 0.6 is 7.60 Å². The lowest BCUT2D eigenvalue weighted by atomic mass is 10.4. The third-order valence-corrected chi connectivity index (χ3v) is 1.90. The average molecular weight is 159 g/mol. The first-order chi connectivity index (χ1) is 4.58. The molecule has 10 heavy (non-hydrogen) atoms. The van der Waals surface area contributed by atoms with Crippen LogP contribution in [0.3, 0.4) is 0 Å². The van der Waals surface area contributed by atoms with Gasteiger partial charge >= 0.3 is 7.60 Å². The van der Waals surface area contributed by atoms with Crippen molar-refractivity contribution >= 4 is 7.60 Å². The van der Waals surface area contributed by atoms with Crippen molar-refractivity contribution in [3.63, 3.8) is 0 Å². The zero-order chi connectivity index (χ0) is 7.61. The molecule has 56 valence electrons. The first kappa shape index (κ1) is 7.61. The summed E-state index contributed by atoms with van der Waals surface area (Å²) in [6, 6.07) is 6.90. The van der Waals surface area contributed by atoms with Crippen LogP contribution in [0.15, 0.2) is 24.3 Å². The molecule has 0 atom stereocenters. The van der Waals surface area contributed by atoms with Gasteiger partial charge in [0, 0.05) is 6.16 Å². The molecular weight excluding hydrogens is 151 g/mol. The van der Waals surface area contributed by atoms with E-state index in [0.717, 1.165) is 0 Å². The molecule has 0 fully saturated rings. The van der Waals surface area contributed by atoms with Gasteiger partial charge in [-0.3, -0.25) is 4.57 Å². The Bertz CT molecular complexity index is 234. The van der Waals surface area contributed by atoms with Gasteiger partial charge in [-0.2, -0.15) is 23.8 Å². The second-order valence-electron chi connectivity index (χ2n) is 2.12. The smallest absolute Gasteiger partial charge is 0.317 e. The molecule has 1 aromatic carbocycles. The van der Waals surface area contributed by atoms with Crippen LogP contribution < -0.4 is 0 Å². The molecule has 0 radical (unpaired) electrons. The summed E-state index contributed by atoms with van der Waals surface area (Å²) in [7, 11) is -3.85. The van der Waals surface area contributed by atoms with Crippen LogP contribution in [-0.2, 0) is 10.7 Å². The second-order valence-corrected chi connectivity index (χ2v) is 3.76. The third-order valence-electron chi connectivity index (χ3n) is 1.12. The molecule has 0 saturated carbocycles. The summed E-state index contributed by atoms with van der Waals surface area (Å²) in [4.78, 5) is 17.0. The van der Waals surface area contributed by atoms with Crippen LogP contribution in [0.4, 0.5) is 0 Å². The van der Waals surface area contributed by atoms with E-state index in [9.17, 15) is 4.57 Å². The standard InChI is InChI=1S/C6H8O3P/c7-10(8,9)5-6-3-1-2-4-6/h1-4H,5H2,(H2,7,8,9)/q-1. The van der Waals surface area contributed by atoms with Gasteiger partial charge in [-0.15, -0.1) is 0 Å². The van der Waals surface area contributed by atoms with E-state index in [0.29, 0.717) is 5.56 Å². The molecule has 3 nitrogen and oxygen atoms in total. The number of hydrogen-bond acceptors (Lipinski definition) is 1. The third kappa shape index (κ3) is 2.40. The van der Waals surface area contributed by atoms with Gasteiger partial charge in [-0.1, -0.05) is 0 Å². The van der Waals surface area contributed by atoms with Gasteiger partial charge in [0.05, 0.1) is 0 Å². The number of hydrogen-bond donors (Lipinski definition) is 2. The zero-order valence-electron chi connectivity index (χ0n) is 5.27. The molecule has 0 heterocycles. The van der Waals surface area contributed by atoms with Crippen molar-refractivity contribution < 1.29 is 14.4 Å². The van der Waals surface area contributed by atoms with Crippen molar-refractivity contribution in [3.8, 4) is 0 Å². The van der Waals surface area contributed by atoms with Crippen molar-refractivity contribution in [1.29, 1.82) is 0 Å². The largest absolute Gasteiger partial charge is 0.325 e. The van der Waals surface area contributed by atoms with E-state index < -0.39 is 7.60 Å². The molecule has 0 aromatic heterocycles. The van der Waals surface area contributed by atoms with E-state index in [1.165, 1.54) is 0 Å². The van der Waals surface area contributed by atoms with Crippen LogP contribution in [0.1, 0.15) is 5.56 Å². The van der Waals surface area contributed by atoms with E-state index in [2.05, 4.69) is 0 Å². The summed E-state index contributed by atoms with van der Waals surface area (Å²) in [5, 5.41) is 0. The Morgan fingerprint density at radius 1 is 1.60 bits per heavy atom. The molecule has 1 rings (SSSR count). The van der Waals surface area contributed by atoms with E-state index >= 15 is 0 Å². The maximum Gasteiger partial charge on any atom is 0.317 e. The Morgan fingerprint density at radius 2 is 2.30 bits per heavy atom. The molecule has 0 bridgehead atoms. The van der Waals surface area contributed by atoms with E-state index in [4.69, 9.17) is 9.79 Å². The fourth-order valence-electron chi connectivity index (χ4n) is 0.757. The van der Waals surface area contributed by atoms with Gasteiger partial charge in [0.1, 0.15) is 0 Å². The van der Waals surface area contributed by atoms with Gasteiger partial charge < -0.3 is 9.79 Å². The maximum atomic E-state index is 10.4. The highest BCUT2D eigenvalue weighted by Gasteiger charge is 2.08. The normalized spacial score (nSPS) is 11.8. The van der Waals surface area contributed by atoms with Crippen LogP contribution in [0.2, 0.25) is 0 Å².